The number of hydrogen-bond acceptors (Lipinski definition) is 5. The molecule has 6 nitrogen and oxygen atoms in total. The molecule has 1 aromatic carbocycles. The van der Waals surface area contributed by atoms with E-state index in [4.69, 9.17) is 14.0 Å². The van der Waals surface area contributed by atoms with Gasteiger partial charge in [0.25, 0.3) is 5.91 Å². The van der Waals surface area contributed by atoms with Crippen molar-refractivity contribution in [1.82, 2.24) is 10.1 Å². The van der Waals surface area contributed by atoms with Gasteiger partial charge < -0.3 is 18.9 Å². The van der Waals surface area contributed by atoms with Crippen LogP contribution in [0.5, 0.6) is 11.5 Å². The van der Waals surface area contributed by atoms with E-state index in [0.717, 1.165) is 0 Å². The van der Waals surface area contributed by atoms with E-state index in [9.17, 15) is 18.0 Å². The number of amides is 1. The van der Waals surface area contributed by atoms with Gasteiger partial charge in [-0.05, 0) is 26.0 Å². The average molecular weight is 398 g/mol. The van der Waals surface area contributed by atoms with Crippen molar-refractivity contribution in [1.29, 1.82) is 0 Å². The molecule has 0 N–H and O–H groups in total. The van der Waals surface area contributed by atoms with Gasteiger partial charge in [0.2, 0.25) is 0 Å². The molecule has 0 atom stereocenters. The summed E-state index contributed by atoms with van der Waals surface area (Å²) in [4.78, 5) is 14.4. The van der Waals surface area contributed by atoms with Crippen molar-refractivity contribution in [2.75, 3.05) is 19.7 Å². The Morgan fingerprint density at radius 3 is 2.54 bits per heavy atom. The number of rotatable bonds is 5. The molecule has 0 aliphatic carbocycles. The first-order valence-corrected chi connectivity index (χ1v) is 8.91. The number of ether oxygens (including phenoxy) is 2. The molecule has 1 aromatic heterocycles. The summed E-state index contributed by atoms with van der Waals surface area (Å²) >= 11 is 0. The van der Waals surface area contributed by atoms with Crippen LogP contribution in [0.4, 0.5) is 13.2 Å². The van der Waals surface area contributed by atoms with Crippen LogP contribution >= 0.6 is 0 Å². The molecule has 2 heterocycles. The zero-order valence-corrected chi connectivity index (χ0v) is 15.6. The third-order valence-electron chi connectivity index (χ3n) is 4.49. The summed E-state index contributed by atoms with van der Waals surface area (Å²) < 4.78 is 52.5. The van der Waals surface area contributed by atoms with E-state index in [0.29, 0.717) is 48.7 Å². The van der Waals surface area contributed by atoms with Crippen LogP contribution in [-0.4, -0.2) is 47.9 Å². The van der Waals surface area contributed by atoms with Crippen LogP contribution in [0.15, 0.2) is 28.8 Å². The number of halogens is 3. The molecule has 0 saturated carbocycles. The van der Waals surface area contributed by atoms with E-state index < -0.39 is 12.8 Å². The summed E-state index contributed by atoms with van der Waals surface area (Å²) in [5.74, 6) is 0.921. The van der Waals surface area contributed by atoms with Crippen LogP contribution in [0.3, 0.4) is 0 Å². The van der Waals surface area contributed by atoms with Crippen LogP contribution in [0.25, 0.3) is 0 Å². The molecule has 9 heteroatoms. The first kappa shape index (κ1) is 20.0. The maximum Gasteiger partial charge on any atom is 0.422 e. The summed E-state index contributed by atoms with van der Waals surface area (Å²) in [6, 6.07) is 6.13. The van der Waals surface area contributed by atoms with Crippen LogP contribution in [0.2, 0.25) is 0 Å². The van der Waals surface area contributed by atoms with E-state index >= 15 is 0 Å². The van der Waals surface area contributed by atoms with E-state index in [-0.39, 0.29) is 17.8 Å². The Balaban J connectivity index is 1.54. The van der Waals surface area contributed by atoms with Crippen molar-refractivity contribution in [3.63, 3.8) is 0 Å². The van der Waals surface area contributed by atoms with Gasteiger partial charge in [-0.25, -0.2) is 0 Å². The van der Waals surface area contributed by atoms with Gasteiger partial charge in [-0.3, -0.25) is 4.79 Å². The average Bonchev–Trinajstić information content (AvgIpc) is 2.98. The summed E-state index contributed by atoms with van der Waals surface area (Å²) in [7, 11) is 0. The van der Waals surface area contributed by atoms with Gasteiger partial charge in [0.1, 0.15) is 28.9 Å². The molecule has 0 radical (unpaired) electrons. The minimum absolute atomic E-state index is 0.0980. The lowest BCUT2D eigenvalue weighted by Gasteiger charge is -2.32. The first-order chi connectivity index (χ1) is 13.2. The monoisotopic (exact) mass is 398 g/mol. The number of hydrogen-bond donors (Lipinski definition) is 0. The van der Waals surface area contributed by atoms with Gasteiger partial charge in [-0.2, -0.15) is 13.2 Å². The smallest absolute Gasteiger partial charge is 0.422 e. The molecule has 1 fully saturated rings. The highest BCUT2D eigenvalue weighted by atomic mass is 19.4. The van der Waals surface area contributed by atoms with Crippen molar-refractivity contribution < 1.29 is 32.0 Å². The maximum atomic E-state index is 12.6. The second-order valence-electron chi connectivity index (χ2n) is 6.69. The predicted molar refractivity (Wildman–Crippen MR) is 93.5 cm³/mol. The fourth-order valence-corrected chi connectivity index (χ4v) is 3.12. The normalized spacial score (nSPS) is 15.5. The maximum absolute atomic E-state index is 12.6. The van der Waals surface area contributed by atoms with Crippen LogP contribution in [-0.2, 0) is 0 Å². The number of aryl methyl sites for hydroxylation is 2. The zero-order chi connectivity index (χ0) is 20.3. The second-order valence-corrected chi connectivity index (χ2v) is 6.69. The van der Waals surface area contributed by atoms with Gasteiger partial charge in [0.15, 0.2) is 6.61 Å². The molecule has 0 unspecified atom stereocenters. The number of piperidine rings is 1. The van der Waals surface area contributed by atoms with Gasteiger partial charge in [0, 0.05) is 32.0 Å². The Kier molecular flexibility index (Phi) is 5.81. The molecule has 1 saturated heterocycles. The number of aromatic nitrogens is 1. The summed E-state index contributed by atoms with van der Waals surface area (Å²) in [6.45, 7) is 3.11. The highest BCUT2D eigenvalue weighted by Gasteiger charge is 2.29. The lowest BCUT2D eigenvalue weighted by molar-refractivity contribution is -0.153. The second kappa shape index (κ2) is 8.12. The lowest BCUT2D eigenvalue weighted by atomic mass is 10.1. The molecule has 1 aliphatic rings. The third-order valence-corrected chi connectivity index (χ3v) is 4.49. The van der Waals surface area contributed by atoms with Gasteiger partial charge in [-0.15, -0.1) is 0 Å². The highest BCUT2D eigenvalue weighted by molar-refractivity contribution is 5.96. The van der Waals surface area contributed by atoms with E-state index in [1.807, 2.05) is 0 Å². The minimum atomic E-state index is -4.39. The minimum Gasteiger partial charge on any atom is -0.490 e. The topological polar surface area (TPSA) is 64.8 Å². The van der Waals surface area contributed by atoms with E-state index in [2.05, 4.69) is 5.16 Å². The van der Waals surface area contributed by atoms with Crippen molar-refractivity contribution in [3.05, 3.63) is 41.3 Å². The SMILES string of the molecule is Cc1noc(C)c1C(=O)N1CCC(Oc2cccc(OCC(F)(F)F)c2)CC1. The lowest BCUT2D eigenvalue weighted by Crippen LogP contribution is -2.42. The van der Waals surface area contributed by atoms with Crippen LogP contribution in [0, 0.1) is 13.8 Å². The highest BCUT2D eigenvalue weighted by Crippen LogP contribution is 2.26. The molecule has 0 spiro atoms. The first-order valence-electron chi connectivity index (χ1n) is 8.91. The largest absolute Gasteiger partial charge is 0.490 e. The Bertz CT molecular complexity index is 807. The Labute approximate surface area is 160 Å². The summed E-state index contributed by atoms with van der Waals surface area (Å²) in [6.07, 6.45) is -3.30. The Hall–Kier alpha value is -2.71. The molecule has 2 aromatic rings. The molecule has 0 bridgehead atoms. The molecule has 28 heavy (non-hydrogen) atoms. The molecule has 152 valence electrons. The van der Waals surface area contributed by atoms with Crippen molar-refractivity contribution in [3.8, 4) is 11.5 Å². The van der Waals surface area contributed by atoms with Crippen molar-refractivity contribution in [2.24, 2.45) is 0 Å². The van der Waals surface area contributed by atoms with Gasteiger partial charge >= 0.3 is 6.18 Å². The van der Waals surface area contributed by atoms with E-state index in [1.54, 1.807) is 30.9 Å². The summed E-state index contributed by atoms with van der Waals surface area (Å²) in [5, 5.41) is 3.81. The quantitative estimate of drug-likeness (QED) is 0.764. The fraction of sp³-hybridized carbons (Fsp3) is 0.474. The standard InChI is InChI=1S/C19H21F3N2O4/c1-12-17(13(2)28-23-12)18(25)24-8-6-14(7-9-24)27-16-5-3-4-15(10-16)26-11-19(20,21)22/h3-5,10,14H,6-9,11H2,1-2H3. The zero-order valence-electron chi connectivity index (χ0n) is 15.6. The number of carbonyl (C=O) groups is 1. The van der Waals surface area contributed by atoms with Gasteiger partial charge in [0.05, 0.1) is 5.69 Å². The fourth-order valence-electron chi connectivity index (χ4n) is 3.12. The summed E-state index contributed by atoms with van der Waals surface area (Å²) in [5.41, 5.74) is 1.06. The molecule has 1 aliphatic heterocycles. The molecular weight excluding hydrogens is 377 g/mol. The molecule has 1 amide bonds. The Morgan fingerprint density at radius 1 is 1.25 bits per heavy atom. The number of nitrogens with zero attached hydrogens (tertiary/aromatic N) is 2. The number of carbonyl (C=O) groups excluding carboxylic acids is 1. The molecule has 3 rings (SSSR count). The number of alkyl halides is 3. The number of benzene rings is 1. The van der Waals surface area contributed by atoms with Crippen LogP contribution in [0.1, 0.15) is 34.7 Å². The van der Waals surface area contributed by atoms with E-state index in [1.165, 1.54) is 12.1 Å². The molecular formula is C19H21F3N2O4. The van der Waals surface area contributed by atoms with Gasteiger partial charge in [-0.1, -0.05) is 11.2 Å². The third kappa shape index (κ3) is 4.96. The van der Waals surface area contributed by atoms with Crippen molar-refractivity contribution in [2.45, 2.75) is 39.0 Å². The van der Waals surface area contributed by atoms with Crippen LogP contribution < -0.4 is 9.47 Å². The Morgan fingerprint density at radius 2 is 1.93 bits per heavy atom. The van der Waals surface area contributed by atoms with Crippen molar-refractivity contribution >= 4 is 5.91 Å². The number of likely N-dealkylation sites (tertiary alicyclic amines) is 1. The predicted octanol–water partition coefficient (Wildman–Crippen LogP) is 3.92.